The Bertz CT molecular complexity index is 339. The Morgan fingerprint density at radius 2 is 2.14 bits per heavy atom. The van der Waals surface area contributed by atoms with Crippen LogP contribution in [0, 0.1) is 13.8 Å². The molecule has 0 fully saturated rings. The van der Waals surface area contributed by atoms with Gasteiger partial charge in [-0.1, -0.05) is 0 Å². The lowest BCUT2D eigenvalue weighted by Crippen LogP contribution is -2.19. The molecule has 0 saturated carbocycles. The van der Waals surface area contributed by atoms with Crippen molar-refractivity contribution in [2.45, 2.75) is 27.3 Å². The van der Waals surface area contributed by atoms with Gasteiger partial charge in [0.05, 0.1) is 6.54 Å². The molecule has 1 N–H and O–H groups in total. The molecular formula is C11H18N2O. The van der Waals surface area contributed by atoms with Gasteiger partial charge in [-0.3, -0.25) is 4.79 Å². The van der Waals surface area contributed by atoms with Gasteiger partial charge in [0, 0.05) is 23.5 Å². The van der Waals surface area contributed by atoms with Crippen LogP contribution in [0.25, 0.3) is 0 Å². The van der Waals surface area contributed by atoms with Crippen molar-refractivity contribution in [3.05, 3.63) is 23.0 Å². The van der Waals surface area contributed by atoms with Gasteiger partial charge in [0.1, 0.15) is 0 Å². The largest absolute Gasteiger partial charge is 0.349 e. The number of carbonyl (C=O) groups excluding carboxylic acids is 1. The Labute approximate surface area is 85.1 Å². The number of carbonyl (C=O) groups is 1. The molecule has 3 heteroatoms. The van der Waals surface area contributed by atoms with E-state index in [1.54, 1.807) is 7.05 Å². The smallest absolute Gasteiger partial charge is 0.178 e. The average molecular weight is 194 g/mol. The summed E-state index contributed by atoms with van der Waals surface area (Å²) >= 11 is 0. The molecule has 14 heavy (non-hydrogen) atoms. The third-order valence-corrected chi connectivity index (χ3v) is 2.53. The molecule has 0 amide bonds. The minimum Gasteiger partial charge on any atom is -0.349 e. The fourth-order valence-corrected chi connectivity index (χ4v) is 1.83. The molecule has 0 aromatic carbocycles. The topological polar surface area (TPSA) is 34.0 Å². The van der Waals surface area contributed by atoms with Crippen molar-refractivity contribution in [2.24, 2.45) is 0 Å². The van der Waals surface area contributed by atoms with Crippen LogP contribution in [0.4, 0.5) is 0 Å². The van der Waals surface area contributed by atoms with Crippen LogP contribution in [0.3, 0.4) is 0 Å². The van der Waals surface area contributed by atoms with Crippen molar-refractivity contribution < 1.29 is 4.79 Å². The van der Waals surface area contributed by atoms with Crippen LogP contribution in [-0.2, 0) is 6.54 Å². The van der Waals surface area contributed by atoms with E-state index in [-0.39, 0.29) is 5.78 Å². The number of likely N-dealkylation sites (N-methyl/N-ethyl adjacent to an activating group) is 1. The van der Waals surface area contributed by atoms with E-state index in [0.29, 0.717) is 6.54 Å². The van der Waals surface area contributed by atoms with Crippen LogP contribution in [0.5, 0.6) is 0 Å². The van der Waals surface area contributed by atoms with Crippen molar-refractivity contribution >= 4 is 5.78 Å². The minimum absolute atomic E-state index is 0.167. The van der Waals surface area contributed by atoms with E-state index in [0.717, 1.165) is 23.5 Å². The fraction of sp³-hybridized carbons (Fsp3) is 0.545. The third-order valence-electron chi connectivity index (χ3n) is 2.53. The minimum atomic E-state index is 0.167. The van der Waals surface area contributed by atoms with Crippen molar-refractivity contribution in [1.29, 1.82) is 0 Å². The first-order valence-electron chi connectivity index (χ1n) is 4.96. The summed E-state index contributed by atoms with van der Waals surface area (Å²) in [6.07, 6.45) is 0. The second kappa shape index (κ2) is 4.42. The zero-order chi connectivity index (χ0) is 10.7. The average Bonchev–Trinajstić information content (AvgIpc) is 2.42. The van der Waals surface area contributed by atoms with Crippen molar-refractivity contribution in [2.75, 3.05) is 13.6 Å². The van der Waals surface area contributed by atoms with Crippen LogP contribution < -0.4 is 5.32 Å². The summed E-state index contributed by atoms with van der Waals surface area (Å²) in [6, 6.07) is 1.97. The first kappa shape index (κ1) is 11.0. The molecule has 3 nitrogen and oxygen atoms in total. The zero-order valence-corrected chi connectivity index (χ0v) is 9.35. The SMILES string of the molecule is CCn1c(C)cc(C(=O)CNC)c1C. The number of nitrogens with one attached hydrogen (secondary N) is 1. The quantitative estimate of drug-likeness (QED) is 0.737. The van der Waals surface area contributed by atoms with E-state index >= 15 is 0 Å². The first-order chi connectivity index (χ1) is 6.61. The van der Waals surface area contributed by atoms with Gasteiger partial charge in [-0.15, -0.1) is 0 Å². The van der Waals surface area contributed by atoms with Gasteiger partial charge < -0.3 is 9.88 Å². The second-order valence-corrected chi connectivity index (χ2v) is 3.48. The van der Waals surface area contributed by atoms with Crippen LogP contribution in [-0.4, -0.2) is 23.9 Å². The zero-order valence-electron chi connectivity index (χ0n) is 9.35. The van der Waals surface area contributed by atoms with Crippen molar-refractivity contribution in [1.82, 2.24) is 9.88 Å². The van der Waals surface area contributed by atoms with E-state index in [9.17, 15) is 4.79 Å². The van der Waals surface area contributed by atoms with Crippen LogP contribution in [0.2, 0.25) is 0 Å². The first-order valence-corrected chi connectivity index (χ1v) is 4.96. The van der Waals surface area contributed by atoms with E-state index in [1.165, 1.54) is 0 Å². The highest BCUT2D eigenvalue weighted by Gasteiger charge is 2.13. The predicted molar refractivity (Wildman–Crippen MR) is 57.8 cm³/mol. The molecule has 0 saturated heterocycles. The summed E-state index contributed by atoms with van der Waals surface area (Å²) in [5.74, 6) is 0.167. The number of aryl methyl sites for hydroxylation is 1. The molecule has 1 heterocycles. The highest BCUT2D eigenvalue weighted by atomic mass is 16.1. The van der Waals surface area contributed by atoms with Gasteiger partial charge in [-0.2, -0.15) is 0 Å². The normalized spacial score (nSPS) is 10.6. The predicted octanol–water partition coefficient (Wildman–Crippen LogP) is 1.53. The molecule has 0 atom stereocenters. The maximum absolute atomic E-state index is 11.7. The number of ketones is 1. The van der Waals surface area contributed by atoms with Gasteiger partial charge in [0.25, 0.3) is 0 Å². The van der Waals surface area contributed by atoms with Crippen LogP contribution in [0.1, 0.15) is 28.7 Å². The fourth-order valence-electron chi connectivity index (χ4n) is 1.83. The Balaban J connectivity index is 3.04. The molecule has 0 bridgehead atoms. The molecule has 1 aromatic heterocycles. The van der Waals surface area contributed by atoms with Crippen LogP contribution in [0.15, 0.2) is 6.07 Å². The van der Waals surface area contributed by atoms with Crippen LogP contribution >= 0.6 is 0 Å². The van der Waals surface area contributed by atoms with E-state index in [2.05, 4.69) is 16.8 Å². The maximum atomic E-state index is 11.7. The lowest BCUT2D eigenvalue weighted by molar-refractivity contribution is 0.0993. The summed E-state index contributed by atoms with van der Waals surface area (Å²) in [6.45, 7) is 7.46. The number of rotatable bonds is 4. The second-order valence-electron chi connectivity index (χ2n) is 3.48. The number of Topliss-reactive ketones (excluding diaryl/α,β-unsaturated/α-hetero) is 1. The summed E-state index contributed by atoms with van der Waals surface area (Å²) in [4.78, 5) is 11.7. The third kappa shape index (κ3) is 1.87. The maximum Gasteiger partial charge on any atom is 0.178 e. The van der Waals surface area contributed by atoms with Crippen molar-refractivity contribution in [3.8, 4) is 0 Å². The number of hydrogen-bond acceptors (Lipinski definition) is 2. The molecule has 0 aliphatic carbocycles. The number of hydrogen-bond donors (Lipinski definition) is 1. The monoisotopic (exact) mass is 194 g/mol. The van der Waals surface area contributed by atoms with E-state index in [1.807, 2.05) is 19.9 Å². The molecule has 0 aliphatic rings. The Morgan fingerprint density at radius 1 is 1.50 bits per heavy atom. The highest BCUT2D eigenvalue weighted by molar-refractivity contribution is 5.98. The Kier molecular flexibility index (Phi) is 3.47. The molecule has 78 valence electrons. The molecule has 0 unspecified atom stereocenters. The molecule has 0 spiro atoms. The Morgan fingerprint density at radius 3 is 2.57 bits per heavy atom. The molecular weight excluding hydrogens is 176 g/mol. The molecule has 1 rings (SSSR count). The van der Waals surface area contributed by atoms with Gasteiger partial charge in [-0.05, 0) is 33.9 Å². The van der Waals surface area contributed by atoms with Gasteiger partial charge >= 0.3 is 0 Å². The molecule has 0 aliphatic heterocycles. The lowest BCUT2D eigenvalue weighted by atomic mass is 10.1. The van der Waals surface area contributed by atoms with Gasteiger partial charge in [0.15, 0.2) is 5.78 Å². The van der Waals surface area contributed by atoms with Gasteiger partial charge in [-0.25, -0.2) is 0 Å². The standard InChI is InChI=1S/C11H18N2O/c1-5-13-8(2)6-10(9(13)3)11(14)7-12-4/h6,12H,5,7H2,1-4H3. The van der Waals surface area contributed by atoms with Gasteiger partial charge in [0.2, 0.25) is 0 Å². The summed E-state index contributed by atoms with van der Waals surface area (Å²) in [5.41, 5.74) is 3.08. The van der Waals surface area contributed by atoms with Crippen molar-refractivity contribution in [3.63, 3.8) is 0 Å². The van der Waals surface area contributed by atoms with E-state index < -0.39 is 0 Å². The molecule has 1 aromatic rings. The lowest BCUT2D eigenvalue weighted by Gasteiger charge is -2.05. The Hall–Kier alpha value is -1.09. The molecule has 0 radical (unpaired) electrons. The number of nitrogens with zero attached hydrogens (tertiary/aromatic N) is 1. The highest BCUT2D eigenvalue weighted by Crippen LogP contribution is 2.15. The number of aromatic nitrogens is 1. The summed E-state index contributed by atoms with van der Waals surface area (Å²) < 4.78 is 2.16. The van der Waals surface area contributed by atoms with E-state index in [4.69, 9.17) is 0 Å². The summed E-state index contributed by atoms with van der Waals surface area (Å²) in [5, 5.41) is 2.88. The summed E-state index contributed by atoms with van der Waals surface area (Å²) in [7, 11) is 1.79.